The van der Waals surface area contributed by atoms with Crippen LogP contribution in [0.25, 0.3) is 0 Å². The summed E-state index contributed by atoms with van der Waals surface area (Å²) in [7, 11) is 0. The molecule has 1 rings (SSSR count). The van der Waals surface area contributed by atoms with E-state index in [2.05, 4.69) is 25.3 Å². The predicted octanol–water partition coefficient (Wildman–Crippen LogP) is 2.16. The number of hydrogen-bond donors (Lipinski definition) is 0. The van der Waals surface area contributed by atoms with Gasteiger partial charge in [-0.05, 0) is 0 Å². The van der Waals surface area contributed by atoms with E-state index in [1.54, 1.807) is 0 Å². The van der Waals surface area contributed by atoms with Crippen molar-refractivity contribution < 1.29 is 0 Å². The monoisotopic (exact) mass is 106 g/mol. The Morgan fingerprint density at radius 2 is 1.38 bits per heavy atom. The van der Waals surface area contributed by atoms with Crippen LogP contribution in [0.1, 0.15) is 0 Å². The summed E-state index contributed by atoms with van der Waals surface area (Å²) < 4.78 is 0. The van der Waals surface area contributed by atoms with Crippen molar-refractivity contribution in [3.8, 4) is 0 Å². The van der Waals surface area contributed by atoms with Crippen LogP contribution in [0.5, 0.6) is 0 Å². The van der Waals surface area contributed by atoms with Crippen LogP contribution in [0.15, 0.2) is 37.5 Å². The van der Waals surface area contributed by atoms with Crippen LogP contribution in [0.3, 0.4) is 0 Å². The van der Waals surface area contributed by atoms with E-state index < -0.39 is 0 Å². The van der Waals surface area contributed by atoms with Crippen molar-refractivity contribution in [3.05, 3.63) is 37.5 Å². The molecule has 2 unspecified atom stereocenters. The second kappa shape index (κ2) is 1.99. The maximum absolute atomic E-state index is 3.68. The Labute approximate surface area is 50.2 Å². The van der Waals surface area contributed by atoms with E-state index >= 15 is 0 Å². The van der Waals surface area contributed by atoms with Crippen LogP contribution in [0, 0.1) is 11.8 Å². The van der Waals surface area contributed by atoms with Gasteiger partial charge in [-0.25, -0.2) is 0 Å². The highest BCUT2D eigenvalue weighted by Gasteiger charge is 2.16. The van der Waals surface area contributed by atoms with Crippen LogP contribution < -0.4 is 0 Å². The van der Waals surface area contributed by atoms with Crippen LogP contribution in [-0.2, 0) is 0 Å². The molecule has 1 aliphatic carbocycles. The van der Waals surface area contributed by atoms with Gasteiger partial charge in [0.05, 0.1) is 0 Å². The van der Waals surface area contributed by atoms with Crippen LogP contribution in [0.2, 0.25) is 0 Å². The highest BCUT2D eigenvalue weighted by Crippen LogP contribution is 2.26. The van der Waals surface area contributed by atoms with E-state index in [1.807, 2.05) is 12.2 Å². The lowest BCUT2D eigenvalue weighted by Gasteiger charge is -2.22. The first-order chi connectivity index (χ1) is 3.88. The Bertz CT molecular complexity index is 115. The fourth-order valence-electron chi connectivity index (χ4n) is 0.839. The molecule has 0 aromatic rings. The van der Waals surface area contributed by atoms with E-state index in [0.717, 1.165) is 0 Å². The summed E-state index contributed by atoms with van der Waals surface area (Å²) in [6.07, 6.45) is 8.18. The topological polar surface area (TPSA) is 0 Å². The molecule has 0 N–H and O–H groups in total. The van der Waals surface area contributed by atoms with Gasteiger partial charge in [-0.2, -0.15) is 0 Å². The normalized spacial score (nSPS) is 33.5. The highest BCUT2D eigenvalue weighted by atomic mass is 14.2. The average molecular weight is 106 g/mol. The van der Waals surface area contributed by atoms with Crippen LogP contribution in [-0.4, -0.2) is 0 Å². The fourth-order valence-corrected chi connectivity index (χ4v) is 0.839. The minimum atomic E-state index is 0.562. The highest BCUT2D eigenvalue weighted by molar-refractivity contribution is 5.19. The predicted molar refractivity (Wildman–Crippen MR) is 36.5 cm³/mol. The van der Waals surface area contributed by atoms with Gasteiger partial charge >= 0.3 is 0 Å². The zero-order valence-electron chi connectivity index (χ0n) is 4.88. The zero-order valence-corrected chi connectivity index (χ0v) is 4.88. The van der Waals surface area contributed by atoms with Gasteiger partial charge in [-0.1, -0.05) is 24.3 Å². The van der Waals surface area contributed by atoms with Gasteiger partial charge in [0, 0.05) is 11.8 Å². The van der Waals surface area contributed by atoms with Crippen LogP contribution in [0.4, 0.5) is 0 Å². The summed E-state index contributed by atoms with van der Waals surface area (Å²) in [5.41, 5.74) is 0. The molecule has 0 radical (unpaired) electrons. The quantitative estimate of drug-likeness (QED) is 0.473. The Hall–Kier alpha value is -0.780. The summed E-state index contributed by atoms with van der Waals surface area (Å²) in [5.74, 6) is 1.12. The summed E-state index contributed by atoms with van der Waals surface area (Å²) in [5, 5.41) is 0. The summed E-state index contributed by atoms with van der Waals surface area (Å²) >= 11 is 0. The number of allylic oxidation sites excluding steroid dienone is 4. The van der Waals surface area contributed by atoms with E-state index in [0.29, 0.717) is 11.8 Å². The molecule has 0 heterocycles. The first-order valence-electron chi connectivity index (χ1n) is 2.82. The number of rotatable bonds is 2. The summed E-state index contributed by atoms with van der Waals surface area (Å²) in [6, 6.07) is 0. The van der Waals surface area contributed by atoms with Crippen molar-refractivity contribution in [1.82, 2.24) is 0 Å². The van der Waals surface area contributed by atoms with Gasteiger partial charge in [0.2, 0.25) is 0 Å². The molecular formula is C8H10. The molecule has 42 valence electrons. The van der Waals surface area contributed by atoms with E-state index in [4.69, 9.17) is 0 Å². The summed E-state index contributed by atoms with van der Waals surface area (Å²) in [4.78, 5) is 0. The second-order valence-electron chi connectivity index (χ2n) is 2.01. The van der Waals surface area contributed by atoms with Crippen molar-refractivity contribution in [2.45, 2.75) is 0 Å². The van der Waals surface area contributed by atoms with Gasteiger partial charge in [-0.3, -0.25) is 0 Å². The van der Waals surface area contributed by atoms with Crippen molar-refractivity contribution in [3.63, 3.8) is 0 Å². The maximum atomic E-state index is 3.68. The van der Waals surface area contributed by atoms with Crippen molar-refractivity contribution in [2.24, 2.45) is 11.8 Å². The molecule has 0 nitrogen and oxygen atoms in total. The molecule has 0 amide bonds. The molecule has 0 aromatic heterocycles. The third-order valence-corrected chi connectivity index (χ3v) is 1.54. The molecule has 1 aliphatic rings. The molecule has 0 fully saturated rings. The van der Waals surface area contributed by atoms with Crippen molar-refractivity contribution in [2.75, 3.05) is 0 Å². The third-order valence-electron chi connectivity index (χ3n) is 1.54. The Morgan fingerprint density at radius 1 is 1.00 bits per heavy atom. The Kier molecular flexibility index (Phi) is 1.34. The van der Waals surface area contributed by atoms with E-state index in [9.17, 15) is 0 Å². The third kappa shape index (κ3) is 0.623. The molecule has 0 heteroatoms. The zero-order chi connectivity index (χ0) is 5.98. The maximum Gasteiger partial charge on any atom is 0.00416 e. The van der Waals surface area contributed by atoms with Gasteiger partial charge < -0.3 is 0 Å². The smallest absolute Gasteiger partial charge is 0.00416 e. The van der Waals surface area contributed by atoms with Gasteiger partial charge in [0.25, 0.3) is 0 Å². The van der Waals surface area contributed by atoms with E-state index in [-0.39, 0.29) is 0 Å². The minimum absolute atomic E-state index is 0.562. The lowest BCUT2D eigenvalue weighted by molar-refractivity contribution is 0.612. The lowest BCUT2D eigenvalue weighted by Crippen LogP contribution is -2.12. The lowest BCUT2D eigenvalue weighted by atomic mass is 9.83. The van der Waals surface area contributed by atoms with Crippen molar-refractivity contribution >= 4 is 0 Å². The molecule has 0 aromatic carbocycles. The first kappa shape index (κ1) is 5.36. The molecule has 0 aliphatic heterocycles. The summed E-state index contributed by atoms with van der Waals surface area (Å²) in [6.45, 7) is 7.36. The molecule has 0 saturated carbocycles. The molecule has 8 heavy (non-hydrogen) atoms. The molecule has 0 spiro atoms. The van der Waals surface area contributed by atoms with Gasteiger partial charge in [0.1, 0.15) is 0 Å². The SMILES string of the molecule is C=CC1C=CC1C=C. The van der Waals surface area contributed by atoms with E-state index in [1.165, 1.54) is 0 Å². The fraction of sp³-hybridized carbons (Fsp3) is 0.250. The van der Waals surface area contributed by atoms with Gasteiger partial charge in [-0.15, -0.1) is 13.2 Å². The standard InChI is InChI=1S/C8H10/c1-3-7-5-6-8(7)4-2/h3-8H,1-2H2. The second-order valence-corrected chi connectivity index (χ2v) is 2.01. The van der Waals surface area contributed by atoms with Crippen molar-refractivity contribution in [1.29, 1.82) is 0 Å². The van der Waals surface area contributed by atoms with Gasteiger partial charge in [0.15, 0.2) is 0 Å². The molecule has 0 saturated heterocycles. The largest absolute Gasteiger partial charge is 0.102 e. The molecule has 0 bridgehead atoms. The first-order valence-corrected chi connectivity index (χ1v) is 2.82. The van der Waals surface area contributed by atoms with Crippen LogP contribution >= 0.6 is 0 Å². The molecular weight excluding hydrogens is 96.1 g/mol. The molecule has 2 atom stereocenters. The number of hydrogen-bond acceptors (Lipinski definition) is 0. The Balaban J connectivity index is 2.52. The minimum Gasteiger partial charge on any atom is -0.102 e. The Morgan fingerprint density at radius 3 is 1.50 bits per heavy atom. The average Bonchev–Trinajstić information content (AvgIpc) is 1.66.